The van der Waals surface area contributed by atoms with E-state index in [-0.39, 0.29) is 8.80 Å². The van der Waals surface area contributed by atoms with E-state index in [1.807, 2.05) is 0 Å². The molecule has 0 aromatic heterocycles. The number of halogens is 1. The van der Waals surface area contributed by atoms with Gasteiger partial charge in [0.1, 0.15) is 0 Å². The molecule has 0 amide bonds. The van der Waals surface area contributed by atoms with Crippen molar-refractivity contribution in [1.29, 1.82) is 0 Å². The van der Waals surface area contributed by atoms with Gasteiger partial charge in [0.15, 0.2) is 7.38 Å². The molecule has 0 aliphatic carbocycles. The Morgan fingerprint density at radius 2 is 1.78 bits per heavy atom. The molecular weight excluding hydrogens is 164 g/mol. The molecule has 1 aliphatic heterocycles. The van der Waals surface area contributed by atoms with E-state index in [4.69, 9.17) is 11.1 Å². The maximum Gasteiger partial charge on any atom is 0.152 e. The molecule has 54 valence electrons. The molecule has 1 aliphatic rings. The summed E-state index contributed by atoms with van der Waals surface area (Å²) in [7, 11) is -1.35. The zero-order valence-corrected chi connectivity index (χ0v) is 9.19. The van der Waals surface area contributed by atoms with Gasteiger partial charge < -0.3 is 0 Å². The van der Waals surface area contributed by atoms with Gasteiger partial charge in [0.25, 0.3) is 0 Å². The van der Waals surface area contributed by atoms with Crippen LogP contribution >= 0.6 is 11.1 Å². The molecular formula is C6H15ClSi2. The Balaban J connectivity index is 2.35. The van der Waals surface area contributed by atoms with Crippen molar-refractivity contribution >= 4 is 27.3 Å². The van der Waals surface area contributed by atoms with Crippen molar-refractivity contribution in [2.45, 2.75) is 37.3 Å². The Morgan fingerprint density at radius 3 is 2.11 bits per heavy atom. The summed E-state index contributed by atoms with van der Waals surface area (Å²) in [4.78, 5) is 0. The van der Waals surface area contributed by atoms with Crippen LogP contribution in [0.15, 0.2) is 0 Å². The second-order valence-electron chi connectivity index (χ2n) is 3.60. The second-order valence-corrected chi connectivity index (χ2v) is 13.5. The smallest absolute Gasteiger partial charge is 0.152 e. The Morgan fingerprint density at radius 1 is 1.33 bits per heavy atom. The standard InChI is InChI=1S/C6H15ClSi2/c1-8-3-5-9(2,7)6-4-8/h8H,3-6H2,1-2H3. The largest absolute Gasteiger partial charge is 0.167 e. The highest BCUT2D eigenvalue weighted by atomic mass is 35.6. The molecule has 0 nitrogen and oxygen atoms in total. The first-order valence-corrected chi connectivity index (χ1v) is 10.5. The molecule has 3 heteroatoms. The van der Waals surface area contributed by atoms with E-state index < -0.39 is 7.38 Å². The van der Waals surface area contributed by atoms with Gasteiger partial charge >= 0.3 is 0 Å². The Labute approximate surface area is 64.9 Å². The van der Waals surface area contributed by atoms with Crippen LogP contribution < -0.4 is 0 Å². The molecule has 0 aromatic carbocycles. The van der Waals surface area contributed by atoms with Crippen LogP contribution in [-0.4, -0.2) is 16.2 Å². The van der Waals surface area contributed by atoms with Crippen LogP contribution in [0.1, 0.15) is 0 Å². The van der Waals surface area contributed by atoms with Crippen LogP contribution in [0.5, 0.6) is 0 Å². The average Bonchev–Trinajstić information content (AvgIpc) is 1.78. The highest BCUT2D eigenvalue weighted by Crippen LogP contribution is 2.31. The molecule has 0 aromatic rings. The van der Waals surface area contributed by atoms with Crippen LogP contribution in [-0.2, 0) is 0 Å². The Bertz CT molecular complexity index is 93.2. The van der Waals surface area contributed by atoms with Crippen LogP contribution in [0.2, 0.25) is 37.3 Å². The van der Waals surface area contributed by atoms with Crippen molar-refractivity contribution < 1.29 is 0 Å². The molecule has 1 saturated heterocycles. The van der Waals surface area contributed by atoms with Crippen molar-refractivity contribution in [2.75, 3.05) is 0 Å². The summed E-state index contributed by atoms with van der Waals surface area (Å²) in [6, 6.07) is 5.85. The monoisotopic (exact) mass is 178 g/mol. The summed E-state index contributed by atoms with van der Waals surface area (Å²) in [6.45, 7) is 4.79. The predicted octanol–water partition coefficient (Wildman–Crippen LogP) is 2.67. The van der Waals surface area contributed by atoms with E-state index in [1.54, 1.807) is 0 Å². The van der Waals surface area contributed by atoms with Gasteiger partial charge in [0, 0.05) is 8.80 Å². The second kappa shape index (κ2) is 2.76. The van der Waals surface area contributed by atoms with Gasteiger partial charge in [0.05, 0.1) is 0 Å². The van der Waals surface area contributed by atoms with E-state index >= 15 is 0 Å². The first-order valence-electron chi connectivity index (χ1n) is 3.79. The van der Waals surface area contributed by atoms with Crippen LogP contribution in [0.3, 0.4) is 0 Å². The SMILES string of the molecule is C[SiH]1CC[Si](C)(Cl)CC1. The molecule has 0 bridgehead atoms. The summed E-state index contributed by atoms with van der Waals surface area (Å²) in [5, 5.41) is 0. The van der Waals surface area contributed by atoms with E-state index in [9.17, 15) is 0 Å². The van der Waals surface area contributed by atoms with Gasteiger partial charge in [-0.1, -0.05) is 25.2 Å². The number of rotatable bonds is 0. The first kappa shape index (κ1) is 7.83. The van der Waals surface area contributed by atoms with Gasteiger partial charge in [0.2, 0.25) is 0 Å². The molecule has 9 heavy (non-hydrogen) atoms. The predicted molar refractivity (Wildman–Crippen MR) is 49.7 cm³/mol. The minimum absolute atomic E-state index is 0.226. The Hall–Kier alpha value is 0.724. The van der Waals surface area contributed by atoms with Gasteiger partial charge in [-0.2, -0.15) is 11.1 Å². The third kappa shape index (κ3) is 2.44. The molecule has 1 heterocycles. The third-order valence-electron chi connectivity index (χ3n) is 2.32. The van der Waals surface area contributed by atoms with Crippen LogP contribution in [0.4, 0.5) is 0 Å². The minimum Gasteiger partial charge on any atom is -0.167 e. The van der Waals surface area contributed by atoms with E-state index in [0.29, 0.717) is 0 Å². The van der Waals surface area contributed by atoms with E-state index in [2.05, 4.69) is 13.1 Å². The van der Waals surface area contributed by atoms with Crippen molar-refractivity contribution in [1.82, 2.24) is 0 Å². The number of hydrogen-bond donors (Lipinski definition) is 0. The quantitative estimate of drug-likeness (QED) is 0.396. The van der Waals surface area contributed by atoms with Gasteiger partial charge in [-0.05, 0) is 12.1 Å². The molecule has 0 unspecified atom stereocenters. The van der Waals surface area contributed by atoms with Gasteiger partial charge in [-0.25, -0.2) is 0 Å². The summed E-state index contributed by atoms with van der Waals surface area (Å²) < 4.78 is 0. The van der Waals surface area contributed by atoms with Crippen molar-refractivity contribution in [3.8, 4) is 0 Å². The fraction of sp³-hybridized carbons (Fsp3) is 1.00. The molecule has 1 rings (SSSR count). The molecule has 0 atom stereocenters. The third-order valence-corrected chi connectivity index (χ3v) is 9.82. The van der Waals surface area contributed by atoms with Gasteiger partial charge in [-0.15, -0.1) is 0 Å². The molecule has 0 radical (unpaired) electrons. The normalized spacial score (nSPS) is 45.0. The molecule has 1 fully saturated rings. The molecule has 0 N–H and O–H groups in total. The lowest BCUT2D eigenvalue weighted by molar-refractivity contribution is 1.17. The van der Waals surface area contributed by atoms with Crippen LogP contribution in [0, 0.1) is 0 Å². The van der Waals surface area contributed by atoms with Crippen molar-refractivity contribution in [2.24, 2.45) is 0 Å². The molecule has 0 saturated carbocycles. The minimum atomic E-state index is -1.13. The zero-order chi connectivity index (χ0) is 6.91. The number of hydrogen-bond acceptors (Lipinski definition) is 0. The highest BCUT2D eigenvalue weighted by molar-refractivity contribution is 7.20. The lowest BCUT2D eigenvalue weighted by Gasteiger charge is -2.27. The Kier molecular flexibility index (Phi) is 2.40. The van der Waals surface area contributed by atoms with E-state index in [1.165, 1.54) is 24.2 Å². The summed E-state index contributed by atoms with van der Waals surface area (Å²) in [5.74, 6) is 0. The fourth-order valence-electron chi connectivity index (χ4n) is 1.36. The van der Waals surface area contributed by atoms with Crippen molar-refractivity contribution in [3.63, 3.8) is 0 Å². The summed E-state index contributed by atoms with van der Waals surface area (Å²) in [5.41, 5.74) is 0. The lowest BCUT2D eigenvalue weighted by atomic mass is 10.9. The lowest BCUT2D eigenvalue weighted by Crippen LogP contribution is -2.30. The summed E-state index contributed by atoms with van der Waals surface area (Å²) in [6.07, 6.45) is 0. The maximum absolute atomic E-state index is 6.30. The zero-order valence-electron chi connectivity index (χ0n) is 6.28. The maximum atomic E-state index is 6.30. The fourth-order valence-corrected chi connectivity index (χ4v) is 12.6. The van der Waals surface area contributed by atoms with Crippen LogP contribution in [0.25, 0.3) is 0 Å². The highest BCUT2D eigenvalue weighted by Gasteiger charge is 2.29. The average molecular weight is 179 g/mol. The first-order chi connectivity index (χ1) is 4.10. The summed E-state index contributed by atoms with van der Waals surface area (Å²) >= 11 is 6.30. The molecule has 0 spiro atoms. The van der Waals surface area contributed by atoms with Gasteiger partial charge in [-0.3, -0.25) is 0 Å². The van der Waals surface area contributed by atoms with E-state index in [0.717, 1.165) is 0 Å². The van der Waals surface area contributed by atoms with Crippen molar-refractivity contribution in [3.05, 3.63) is 0 Å². The topological polar surface area (TPSA) is 0 Å².